The third kappa shape index (κ3) is 3.03. The molecule has 0 radical (unpaired) electrons. The van der Waals surface area contributed by atoms with E-state index in [9.17, 15) is 9.59 Å². The van der Waals surface area contributed by atoms with Gasteiger partial charge in [0, 0.05) is 6.04 Å². The van der Waals surface area contributed by atoms with Gasteiger partial charge in [0.2, 0.25) is 11.9 Å². The first-order valence-corrected chi connectivity index (χ1v) is 9.99. The number of amides is 2. The lowest BCUT2D eigenvalue weighted by Gasteiger charge is -2.16. The van der Waals surface area contributed by atoms with Crippen LogP contribution >= 0.6 is 0 Å². The highest BCUT2D eigenvalue weighted by molar-refractivity contribution is 6.05. The number of ether oxygens (including phenoxy) is 1. The second-order valence-corrected chi connectivity index (χ2v) is 7.41. The molecule has 1 aliphatic heterocycles. The molecule has 1 atom stereocenters. The summed E-state index contributed by atoms with van der Waals surface area (Å²) in [7, 11) is 0. The zero-order valence-corrected chi connectivity index (χ0v) is 16.2. The molecule has 1 aliphatic carbocycles. The third-order valence-corrected chi connectivity index (χ3v) is 5.38. The number of rotatable bonds is 6. The van der Waals surface area contributed by atoms with Crippen LogP contribution in [0.15, 0.2) is 48.5 Å². The minimum atomic E-state index is -0.586. The van der Waals surface area contributed by atoms with Crippen LogP contribution in [0, 0.1) is 0 Å². The molecule has 1 N–H and O–H groups in total. The summed E-state index contributed by atoms with van der Waals surface area (Å²) in [4.78, 5) is 32.5. The number of benzene rings is 2. The van der Waals surface area contributed by atoms with Gasteiger partial charge in [-0.15, -0.1) is 0 Å². The summed E-state index contributed by atoms with van der Waals surface area (Å²) in [6, 6.07) is 14.7. The van der Waals surface area contributed by atoms with Crippen molar-refractivity contribution in [2.24, 2.45) is 0 Å². The zero-order chi connectivity index (χ0) is 20.0. The number of aromatic nitrogens is 2. The molecule has 0 bridgehead atoms. The molecule has 7 heteroatoms. The topological polar surface area (TPSA) is 76.5 Å². The van der Waals surface area contributed by atoms with Crippen LogP contribution < -0.4 is 15.0 Å². The van der Waals surface area contributed by atoms with E-state index < -0.39 is 6.04 Å². The summed E-state index contributed by atoms with van der Waals surface area (Å²) in [6.45, 7) is 2.41. The van der Waals surface area contributed by atoms with Crippen molar-refractivity contribution in [3.63, 3.8) is 0 Å². The largest absolute Gasteiger partial charge is 0.492 e. The number of fused-ring (bicyclic) bond motifs is 3. The van der Waals surface area contributed by atoms with Crippen LogP contribution in [0.1, 0.15) is 32.2 Å². The second kappa shape index (κ2) is 6.92. The highest BCUT2D eigenvalue weighted by Gasteiger charge is 2.47. The Morgan fingerprint density at radius 1 is 1.17 bits per heavy atom. The van der Waals surface area contributed by atoms with Crippen molar-refractivity contribution in [3.8, 4) is 5.75 Å². The molecule has 7 nitrogen and oxygen atoms in total. The van der Waals surface area contributed by atoms with Crippen LogP contribution in [0.5, 0.6) is 5.75 Å². The fraction of sp³-hybridized carbons (Fsp3) is 0.318. The summed E-state index contributed by atoms with van der Waals surface area (Å²) in [5.74, 6) is 1.01. The van der Waals surface area contributed by atoms with Gasteiger partial charge in [-0.2, -0.15) is 0 Å². The summed E-state index contributed by atoms with van der Waals surface area (Å²) in [6.07, 6.45) is 2.01. The van der Waals surface area contributed by atoms with E-state index in [1.165, 1.54) is 0 Å². The summed E-state index contributed by atoms with van der Waals surface area (Å²) in [5, 5.41) is 2.91. The molecule has 0 spiro atoms. The van der Waals surface area contributed by atoms with Crippen molar-refractivity contribution in [2.45, 2.75) is 38.3 Å². The molecule has 3 aromatic rings. The van der Waals surface area contributed by atoms with Gasteiger partial charge < -0.3 is 10.1 Å². The first kappa shape index (κ1) is 17.7. The molecule has 0 saturated heterocycles. The van der Waals surface area contributed by atoms with Gasteiger partial charge in [0.1, 0.15) is 11.8 Å². The summed E-state index contributed by atoms with van der Waals surface area (Å²) >= 11 is 0. The molecule has 2 heterocycles. The fourth-order valence-electron chi connectivity index (χ4n) is 3.96. The third-order valence-electron chi connectivity index (χ3n) is 5.38. The predicted molar refractivity (Wildman–Crippen MR) is 110 cm³/mol. The lowest BCUT2D eigenvalue weighted by molar-refractivity contribution is -0.124. The van der Waals surface area contributed by atoms with Crippen molar-refractivity contribution in [3.05, 3.63) is 48.5 Å². The number of para-hydroxylation sites is 4. The highest BCUT2D eigenvalue weighted by atomic mass is 16.5. The Balaban J connectivity index is 1.44. The molecule has 0 unspecified atom stereocenters. The first-order chi connectivity index (χ1) is 14.2. The minimum absolute atomic E-state index is 0.0472. The Labute approximate surface area is 168 Å². The normalized spacial score (nSPS) is 18.2. The van der Waals surface area contributed by atoms with Gasteiger partial charge in [-0.25, -0.2) is 4.98 Å². The summed E-state index contributed by atoms with van der Waals surface area (Å²) in [5.41, 5.74) is 2.33. The number of hydrogen-bond donors (Lipinski definition) is 1. The van der Waals surface area contributed by atoms with Crippen LogP contribution in [-0.2, 0) is 9.59 Å². The Kier molecular flexibility index (Phi) is 4.23. The van der Waals surface area contributed by atoms with E-state index in [2.05, 4.69) is 10.3 Å². The Morgan fingerprint density at radius 3 is 2.72 bits per heavy atom. The molecular formula is C22H22N4O3. The van der Waals surface area contributed by atoms with Crippen LogP contribution in [0.3, 0.4) is 0 Å². The number of nitrogens with zero attached hydrogens (tertiary/aromatic N) is 3. The van der Waals surface area contributed by atoms with Gasteiger partial charge in [-0.3, -0.25) is 19.1 Å². The van der Waals surface area contributed by atoms with E-state index in [1.807, 2.05) is 54.0 Å². The molecule has 1 aromatic heterocycles. The van der Waals surface area contributed by atoms with E-state index in [0.717, 1.165) is 23.9 Å². The van der Waals surface area contributed by atoms with E-state index >= 15 is 0 Å². The monoisotopic (exact) mass is 390 g/mol. The molecule has 1 fully saturated rings. The quantitative estimate of drug-likeness (QED) is 0.699. The van der Waals surface area contributed by atoms with Crippen LogP contribution in [0.25, 0.3) is 11.0 Å². The second-order valence-electron chi connectivity index (χ2n) is 7.41. The Morgan fingerprint density at radius 2 is 1.93 bits per heavy atom. The van der Waals surface area contributed by atoms with Crippen molar-refractivity contribution >= 4 is 34.5 Å². The van der Waals surface area contributed by atoms with Gasteiger partial charge in [-0.1, -0.05) is 24.3 Å². The van der Waals surface area contributed by atoms with E-state index in [-0.39, 0.29) is 24.3 Å². The standard InChI is InChI=1S/C22H22N4O3/c1-2-29-19-10-6-4-8-16(19)23-20(27)13-18-21(28)25(14-11-12-14)22-24-15-7-3-5-9-17(15)26(18)22/h3-10,14,18H,2,11-13H2,1H3,(H,23,27)/t18-/m0/s1. The molecule has 2 aromatic carbocycles. The average Bonchev–Trinajstić information content (AvgIpc) is 3.42. The minimum Gasteiger partial charge on any atom is -0.492 e. The molecule has 2 amide bonds. The van der Waals surface area contributed by atoms with Crippen molar-refractivity contribution in [1.82, 2.24) is 9.55 Å². The van der Waals surface area contributed by atoms with Gasteiger partial charge in [0.05, 0.1) is 29.7 Å². The lowest BCUT2D eigenvalue weighted by atomic mass is 10.1. The maximum absolute atomic E-state index is 13.2. The van der Waals surface area contributed by atoms with Gasteiger partial charge in [-0.05, 0) is 44.0 Å². The maximum Gasteiger partial charge on any atom is 0.253 e. The number of carbonyl (C=O) groups is 2. The molecule has 2 aliphatic rings. The molecule has 29 heavy (non-hydrogen) atoms. The van der Waals surface area contributed by atoms with Crippen molar-refractivity contribution in [1.29, 1.82) is 0 Å². The predicted octanol–water partition coefficient (Wildman–Crippen LogP) is 3.51. The van der Waals surface area contributed by atoms with E-state index in [4.69, 9.17) is 4.74 Å². The fourth-order valence-corrected chi connectivity index (χ4v) is 3.96. The molecule has 148 valence electrons. The van der Waals surface area contributed by atoms with Gasteiger partial charge >= 0.3 is 0 Å². The van der Waals surface area contributed by atoms with Crippen LogP contribution in [-0.4, -0.2) is 34.0 Å². The van der Waals surface area contributed by atoms with Crippen LogP contribution in [0.4, 0.5) is 11.6 Å². The number of imidazole rings is 1. The van der Waals surface area contributed by atoms with E-state index in [1.54, 1.807) is 11.0 Å². The zero-order valence-electron chi connectivity index (χ0n) is 16.2. The molecular weight excluding hydrogens is 368 g/mol. The number of anilines is 2. The van der Waals surface area contributed by atoms with Gasteiger partial charge in [0.25, 0.3) is 5.91 Å². The van der Waals surface area contributed by atoms with Crippen molar-refractivity contribution < 1.29 is 14.3 Å². The van der Waals surface area contributed by atoms with Crippen LogP contribution in [0.2, 0.25) is 0 Å². The lowest BCUT2D eigenvalue weighted by Crippen LogP contribution is -2.33. The van der Waals surface area contributed by atoms with E-state index in [0.29, 0.717) is 24.0 Å². The Hall–Kier alpha value is -3.35. The SMILES string of the molecule is CCOc1ccccc1NC(=O)C[C@H]1C(=O)N(C2CC2)c2nc3ccccc3n21. The first-order valence-electron chi connectivity index (χ1n) is 9.99. The number of hydrogen-bond acceptors (Lipinski definition) is 4. The van der Waals surface area contributed by atoms with Crippen molar-refractivity contribution in [2.75, 3.05) is 16.8 Å². The highest BCUT2D eigenvalue weighted by Crippen LogP contribution is 2.42. The average molecular weight is 390 g/mol. The van der Waals surface area contributed by atoms with Gasteiger partial charge in [0.15, 0.2) is 0 Å². The maximum atomic E-state index is 13.2. The molecule has 5 rings (SSSR count). The number of nitrogens with one attached hydrogen (secondary N) is 1. The number of carbonyl (C=O) groups excluding carboxylic acids is 2. The smallest absolute Gasteiger partial charge is 0.253 e. The Bertz CT molecular complexity index is 1100. The molecule has 1 saturated carbocycles. The summed E-state index contributed by atoms with van der Waals surface area (Å²) < 4.78 is 7.50.